The summed E-state index contributed by atoms with van der Waals surface area (Å²) in [6, 6.07) is 7.46. The van der Waals surface area contributed by atoms with Gasteiger partial charge in [0.25, 0.3) is 5.56 Å². The van der Waals surface area contributed by atoms with Crippen LogP contribution in [-0.4, -0.2) is 21.6 Å². The van der Waals surface area contributed by atoms with Gasteiger partial charge in [-0.1, -0.05) is 43.8 Å². The number of nitrogens with one attached hydrogen (secondary N) is 2. The van der Waals surface area contributed by atoms with Gasteiger partial charge in [0.1, 0.15) is 0 Å². The van der Waals surface area contributed by atoms with Gasteiger partial charge in [-0.3, -0.25) is 9.59 Å². The number of nitrogens with zero attached hydrogens (tertiary/aromatic N) is 1. The number of thioether (sulfide) groups is 1. The van der Waals surface area contributed by atoms with Crippen molar-refractivity contribution in [2.24, 2.45) is 0 Å². The van der Waals surface area contributed by atoms with Gasteiger partial charge in [0, 0.05) is 17.4 Å². The van der Waals surface area contributed by atoms with Crippen LogP contribution in [0.2, 0.25) is 0 Å². The van der Waals surface area contributed by atoms with E-state index in [2.05, 4.69) is 22.2 Å². The van der Waals surface area contributed by atoms with Crippen LogP contribution < -0.4 is 10.9 Å². The Labute approximate surface area is 139 Å². The summed E-state index contributed by atoms with van der Waals surface area (Å²) >= 11 is 1.23. The molecule has 0 atom stereocenters. The van der Waals surface area contributed by atoms with Crippen molar-refractivity contribution in [1.82, 2.24) is 9.97 Å². The molecule has 0 saturated carbocycles. The van der Waals surface area contributed by atoms with Crippen LogP contribution in [0.3, 0.4) is 0 Å². The van der Waals surface area contributed by atoms with Crippen molar-refractivity contribution in [3.8, 4) is 0 Å². The maximum absolute atomic E-state index is 12.2. The molecule has 2 aromatic rings. The highest BCUT2D eigenvalue weighted by atomic mass is 32.2. The van der Waals surface area contributed by atoms with Crippen LogP contribution in [0.15, 0.2) is 34.2 Å². The third kappa shape index (κ3) is 4.69. The Bertz CT molecular complexity index is 756. The number of aromatic amines is 1. The number of benzene rings is 1. The molecule has 23 heavy (non-hydrogen) atoms. The fourth-order valence-electron chi connectivity index (χ4n) is 2.24. The van der Waals surface area contributed by atoms with E-state index in [9.17, 15) is 9.59 Å². The smallest absolute Gasteiger partial charge is 0.251 e. The molecule has 0 aliphatic rings. The van der Waals surface area contributed by atoms with E-state index in [1.807, 2.05) is 32.0 Å². The first-order chi connectivity index (χ1) is 11.0. The quantitative estimate of drug-likeness (QED) is 0.630. The maximum atomic E-state index is 12.2. The summed E-state index contributed by atoms with van der Waals surface area (Å²) in [7, 11) is 0. The van der Waals surface area contributed by atoms with Gasteiger partial charge in [-0.2, -0.15) is 0 Å². The zero-order valence-electron chi connectivity index (χ0n) is 13.6. The molecule has 122 valence electrons. The molecular weight excluding hydrogens is 310 g/mol. The number of carbonyl (C=O) groups excluding carboxylic acids is 1. The highest BCUT2D eigenvalue weighted by molar-refractivity contribution is 7.99. The Morgan fingerprint density at radius 1 is 1.30 bits per heavy atom. The third-order valence-electron chi connectivity index (χ3n) is 3.48. The van der Waals surface area contributed by atoms with Crippen LogP contribution in [0.1, 0.15) is 30.7 Å². The van der Waals surface area contributed by atoms with Crippen molar-refractivity contribution in [3.63, 3.8) is 0 Å². The first kappa shape index (κ1) is 17.3. The first-order valence-electron chi connectivity index (χ1n) is 7.64. The summed E-state index contributed by atoms with van der Waals surface area (Å²) in [6.45, 7) is 5.98. The number of hydrogen-bond acceptors (Lipinski definition) is 4. The SMILES string of the molecule is CCc1cc(=O)[nH]c(SCC(=O)Nc2c(C)cccc2CC)n1. The minimum Gasteiger partial charge on any atom is -0.325 e. The molecule has 0 fully saturated rings. The second-order valence-corrected chi connectivity index (χ2v) is 6.16. The summed E-state index contributed by atoms with van der Waals surface area (Å²) in [6.07, 6.45) is 1.55. The highest BCUT2D eigenvalue weighted by Crippen LogP contribution is 2.21. The molecule has 2 N–H and O–H groups in total. The van der Waals surface area contributed by atoms with Crippen LogP contribution in [0.25, 0.3) is 0 Å². The Kier molecular flexibility index (Phi) is 5.98. The number of aromatic nitrogens is 2. The zero-order chi connectivity index (χ0) is 16.8. The van der Waals surface area contributed by atoms with Crippen molar-refractivity contribution in [3.05, 3.63) is 51.4 Å². The molecule has 0 radical (unpaired) electrons. The van der Waals surface area contributed by atoms with Crippen LogP contribution in [0, 0.1) is 6.92 Å². The molecule has 0 saturated heterocycles. The summed E-state index contributed by atoms with van der Waals surface area (Å²) in [4.78, 5) is 30.7. The molecule has 0 unspecified atom stereocenters. The van der Waals surface area contributed by atoms with Crippen LogP contribution in [0.5, 0.6) is 0 Å². The number of aryl methyl sites for hydroxylation is 3. The van der Waals surface area contributed by atoms with E-state index in [4.69, 9.17) is 0 Å². The molecule has 0 spiro atoms. The van der Waals surface area contributed by atoms with E-state index in [-0.39, 0.29) is 17.2 Å². The molecule has 2 rings (SSSR count). The van der Waals surface area contributed by atoms with Crippen molar-refractivity contribution in [2.45, 2.75) is 38.8 Å². The number of H-pyrrole nitrogens is 1. The zero-order valence-corrected chi connectivity index (χ0v) is 14.4. The topological polar surface area (TPSA) is 74.8 Å². The number of anilines is 1. The van der Waals surface area contributed by atoms with E-state index in [0.29, 0.717) is 11.6 Å². The fraction of sp³-hybridized carbons (Fsp3) is 0.353. The average molecular weight is 331 g/mol. The largest absolute Gasteiger partial charge is 0.325 e. The Morgan fingerprint density at radius 2 is 2.09 bits per heavy atom. The lowest BCUT2D eigenvalue weighted by Gasteiger charge is -2.12. The maximum Gasteiger partial charge on any atom is 0.251 e. The number of hydrogen-bond donors (Lipinski definition) is 2. The number of amides is 1. The molecule has 0 aliphatic carbocycles. The molecule has 6 heteroatoms. The highest BCUT2D eigenvalue weighted by Gasteiger charge is 2.10. The van der Waals surface area contributed by atoms with Crippen molar-refractivity contribution in [2.75, 3.05) is 11.1 Å². The van der Waals surface area contributed by atoms with Gasteiger partial charge in [0.2, 0.25) is 5.91 Å². The second kappa shape index (κ2) is 7.97. The Morgan fingerprint density at radius 3 is 2.78 bits per heavy atom. The molecule has 1 aromatic heterocycles. The van der Waals surface area contributed by atoms with Crippen molar-refractivity contribution >= 4 is 23.4 Å². The molecule has 1 aromatic carbocycles. The average Bonchev–Trinajstić information content (AvgIpc) is 2.54. The molecule has 1 heterocycles. The van der Waals surface area contributed by atoms with Crippen LogP contribution >= 0.6 is 11.8 Å². The standard InChI is InChI=1S/C17H21N3O2S/c1-4-12-8-6-7-11(3)16(12)19-15(22)10-23-17-18-13(5-2)9-14(21)20-17/h6-9H,4-5,10H2,1-3H3,(H,19,22)(H,18,20,21). The monoisotopic (exact) mass is 331 g/mol. The first-order valence-corrected chi connectivity index (χ1v) is 8.63. The van der Waals surface area contributed by atoms with E-state index in [1.54, 1.807) is 0 Å². The van der Waals surface area contributed by atoms with Crippen LogP contribution in [-0.2, 0) is 17.6 Å². The molecule has 1 amide bonds. The second-order valence-electron chi connectivity index (χ2n) is 5.19. The molecule has 5 nitrogen and oxygen atoms in total. The summed E-state index contributed by atoms with van der Waals surface area (Å²) in [5.74, 6) is 0.0942. The van der Waals surface area contributed by atoms with Gasteiger partial charge in [-0.25, -0.2) is 4.98 Å². The third-order valence-corrected chi connectivity index (χ3v) is 4.35. The fourth-order valence-corrected chi connectivity index (χ4v) is 2.94. The van der Waals surface area contributed by atoms with E-state index >= 15 is 0 Å². The summed E-state index contributed by atoms with van der Waals surface area (Å²) < 4.78 is 0. The predicted molar refractivity (Wildman–Crippen MR) is 94.1 cm³/mol. The minimum atomic E-state index is -0.188. The van der Waals surface area contributed by atoms with Gasteiger partial charge < -0.3 is 10.3 Å². The van der Waals surface area contributed by atoms with Gasteiger partial charge in [0.15, 0.2) is 5.16 Å². The van der Waals surface area contributed by atoms with Gasteiger partial charge in [0.05, 0.1) is 5.75 Å². The van der Waals surface area contributed by atoms with Crippen molar-refractivity contribution in [1.29, 1.82) is 0 Å². The lowest BCUT2D eigenvalue weighted by atomic mass is 10.1. The van der Waals surface area contributed by atoms with E-state index < -0.39 is 0 Å². The minimum absolute atomic E-state index is 0.108. The normalized spacial score (nSPS) is 10.6. The number of rotatable bonds is 6. The summed E-state index contributed by atoms with van der Waals surface area (Å²) in [5.41, 5.74) is 3.57. The van der Waals surface area contributed by atoms with Gasteiger partial charge >= 0.3 is 0 Å². The number of carbonyl (C=O) groups is 1. The van der Waals surface area contributed by atoms with Gasteiger partial charge in [-0.15, -0.1) is 0 Å². The molecule has 0 aliphatic heterocycles. The Hall–Kier alpha value is -2.08. The lowest BCUT2D eigenvalue weighted by Crippen LogP contribution is -2.17. The summed E-state index contributed by atoms with van der Waals surface area (Å²) in [5, 5.41) is 3.44. The van der Waals surface area contributed by atoms with Crippen molar-refractivity contribution < 1.29 is 4.79 Å². The lowest BCUT2D eigenvalue weighted by molar-refractivity contribution is -0.113. The molecule has 0 bridgehead atoms. The Balaban J connectivity index is 2.04. The molecular formula is C17H21N3O2S. The number of para-hydroxylation sites is 1. The van der Waals surface area contributed by atoms with Crippen LogP contribution in [0.4, 0.5) is 5.69 Å². The van der Waals surface area contributed by atoms with Gasteiger partial charge in [-0.05, 0) is 30.9 Å². The van der Waals surface area contributed by atoms with E-state index in [1.165, 1.54) is 17.8 Å². The predicted octanol–water partition coefficient (Wildman–Crippen LogP) is 2.93. The van der Waals surface area contributed by atoms with E-state index in [0.717, 1.165) is 28.9 Å².